The second kappa shape index (κ2) is 3.76. The van der Waals surface area contributed by atoms with Gasteiger partial charge in [0.15, 0.2) is 0 Å². The van der Waals surface area contributed by atoms with E-state index in [-0.39, 0.29) is 5.41 Å². The lowest BCUT2D eigenvalue weighted by Gasteiger charge is -2.18. The molecule has 0 heterocycles. The van der Waals surface area contributed by atoms with Crippen LogP contribution in [0.25, 0.3) is 0 Å². The number of nitriles is 1. The summed E-state index contributed by atoms with van der Waals surface area (Å²) in [6.07, 6.45) is 8.45. The Hall–Kier alpha value is -0.770. The van der Waals surface area contributed by atoms with Gasteiger partial charge >= 0.3 is 0 Å². The maximum atomic E-state index is 8.95. The number of hydrogen-bond donors (Lipinski definition) is 0. The first-order chi connectivity index (χ1) is 5.67. The Balaban J connectivity index is 2.73. The van der Waals surface area contributed by atoms with Crippen LogP contribution in [-0.2, 0) is 0 Å². The molecular formula is C11H17N. The van der Waals surface area contributed by atoms with Crippen LogP contribution in [0.5, 0.6) is 0 Å². The van der Waals surface area contributed by atoms with Crippen molar-refractivity contribution >= 4 is 0 Å². The normalized spacial score (nSPS) is 19.2. The van der Waals surface area contributed by atoms with E-state index in [9.17, 15) is 0 Å². The largest absolute Gasteiger partial charge is 0.197 e. The summed E-state index contributed by atoms with van der Waals surface area (Å²) in [5, 5.41) is 8.95. The van der Waals surface area contributed by atoms with E-state index in [0.29, 0.717) is 0 Å². The summed E-state index contributed by atoms with van der Waals surface area (Å²) >= 11 is 0. The maximum absolute atomic E-state index is 8.95. The third-order valence-electron chi connectivity index (χ3n) is 2.62. The van der Waals surface area contributed by atoms with Gasteiger partial charge in [0.1, 0.15) is 0 Å². The van der Waals surface area contributed by atoms with Crippen molar-refractivity contribution in [3.05, 3.63) is 11.6 Å². The molecule has 1 nitrogen and oxygen atoms in total. The molecule has 0 aromatic heterocycles. The second-order valence-corrected chi connectivity index (χ2v) is 4.07. The zero-order chi connectivity index (χ0) is 9.03. The van der Waals surface area contributed by atoms with E-state index >= 15 is 0 Å². The fourth-order valence-corrected chi connectivity index (χ4v) is 1.65. The molecule has 1 aliphatic rings. The minimum absolute atomic E-state index is 0.232. The molecule has 0 unspecified atom stereocenters. The van der Waals surface area contributed by atoms with Crippen LogP contribution in [0, 0.1) is 16.7 Å². The number of nitrogens with zero attached hydrogens (tertiary/aromatic N) is 1. The van der Waals surface area contributed by atoms with Gasteiger partial charge in [-0.2, -0.15) is 5.26 Å². The summed E-state index contributed by atoms with van der Waals surface area (Å²) in [4.78, 5) is 0. The van der Waals surface area contributed by atoms with Crippen LogP contribution >= 0.6 is 0 Å². The molecule has 0 aromatic rings. The van der Waals surface area contributed by atoms with E-state index in [0.717, 1.165) is 6.42 Å². The van der Waals surface area contributed by atoms with Crippen molar-refractivity contribution in [3.63, 3.8) is 0 Å². The van der Waals surface area contributed by atoms with Gasteiger partial charge < -0.3 is 0 Å². The maximum Gasteiger partial charge on any atom is 0.0728 e. The lowest BCUT2D eigenvalue weighted by atomic mass is 9.83. The van der Waals surface area contributed by atoms with Gasteiger partial charge in [-0.05, 0) is 39.5 Å². The van der Waals surface area contributed by atoms with Crippen LogP contribution in [0.2, 0.25) is 0 Å². The number of rotatable bonds is 1. The Morgan fingerprint density at radius 3 is 2.75 bits per heavy atom. The Bertz CT molecular complexity index is 218. The molecular weight excluding hydrogens is 146 g/mol. The smallest absolute Gasteiger partial charge is 0.0728 e. The van der Waals surface area contributed by atoms with Crippen LogP contribution in [-0.4, -0.2) is 0 Å². The standard InChI is InChI=1S/C11H17N/c1-11(2,9-12)10-7-5-3-4-6-8-10/h7H,3-6,8H2,1-2H3. The second-order valence-electron chi connectivity index (χ2n) is 4.07. The first kappa shape index (κ1) is 9.32. The molecule has 0 saturated carbocycles. The Morgan fingerprint density at radius 1 is 1.33 bits per heavy atom. The van der Waals surface area contributed by atoms with Gasteiger partial charge in [-0.15, -0.1) is 0 Å². The molecule has 0 amide bonds. The Labute approximate surface area is 75.1 Å². The van der Waals surface area contributed by atoms with Gasteiger partial charge in [-0.1, -0.05) is 18.1 Å². The van der Waals surface area contributed by atoms with Gasteiger partial charge in [0, 0.05) is 0 Å². The molecule has 0 aliphatic heterocycles. The molecule has 1 aliphatic carbocycles. The van der Waals surface area contributed by atoms with Crippen LogP contribution in [0.4, 0.5) is 0 Å². The average Bonchev–Trinajstić information content (AvgIpc) is 2.32. The van der Waals surface area contributed by atoms with Gasteiger partial charge in [0.25, 0.3) is 0 Å². The van der Waals surface area contributed by atoms with Crippen LogP contribution in [0.1, 0.15) is 46.0 Å². The highest BCUT2D eigenvalue weighted by molar-refractivity contribution is 5.21. The highest BCUT2D eigenvalue weighted by Gasteiger charge is 2.22. The predicted molar refractivity (Wildman–Crippen MR) is 50.6 cm³/mol. The molecule has 0 radical (unpaired) electrons. The molecule has 0 N–H and O–H groups in total. The van der Waals surface area contributed by atoms with E-state index in [1.165, 1.54) is 31.3 Å². The van der Waals surface area contributed by atoms with Gasteiger partial charge in [-0.25, -0.2) is 0 Å². The third kappa shape index (κ3) is 2.11. The SMILES string of the molecule is CC(C)(C#N)C1=CCCCCC1. The Kier molecular flexibility index (Phi) is 2.92. The molecule has 0 fully saturated rings. The Morgan fingerprint density at radius 2 is 2.08 bits per heavy atom. The van der Waals surface area contributed by atoms with Crippen molar-refractivity contribution in [2.45, 2.75) is 46.0 Å². The number of hydrogen-bond acceptors (Lipinski definition) is 1. The van der Waals surface area contributed by atoms with Crippen molar-refractivity contribution in [3.8, 4) is 6.07 Å². The van der Waals surface area contributed by atoms with Gasteiger partial charge in [0.05, 0.1) is 11.5 Å². The van der Waals surface area contributed by atoms with E-state index in [1.807, 2.05) is 13.8 Å². The lowest BCUT2D eigenvalue weighted by Crippen LogP contribution is -2.11. The van der Waals surface area contributed by atoms with E-state index in [4.69, 9.17) is 5.26 Å². The zero-order valence-electron chi connectivity index (χ0n) is 8.06. The van der Waals surface area contributed by atoms with Gasteiger partial charge in [0.2, 0.25) is 0 Å². The number of allylic oxidation sites excluding steroid dienone is 2. The molecule has 0 atom stereocenters. The van der Waals surface area contributed by atoms with E-state index < -0.39 is 0 Å². The first-order valence-corrected chi connectivity index (χ1v) is 4.77. The molecule has 0 aromatic carbocycles. The summed E-state index contributed by atoms with van der Waals surface area (Å²) in [5.41, 5.74) is 1.12. The van der Waals surface area contributed by atoms with Crippen LogP contribution in [0.3, 0.4) is 0 Å². The quantitative estimate of drug-likeness (QED) is 0.543. The predicted octanol–water partition coefficient (Wildman–Crippen LogP) is 3.43. The molecule has 0 saturated heterocycles. The minimum Gasteiger partial charge on any atom is -0.197 e. The van der Waals surface area contributed by atoms with E-state index in [2.05, 4.69) is 12.1 Å². The summed E-state index contributed by atoms with van der Waals surface area (Å²) in [6, 6.07) is 2.37. The summed E-state index contributed by atoms with van der Waals surface area (Å²) in [6.45, 7) is 4.04. The highest BCUT2D eigenvalue weighted by Crippen LogP contribution is 2.32. The van der Waals surface area contributed by atoms with Crippen molar-refractivity contribution in [1.29, 1.82) is 5.26 Å². The molecule has 1 rings (SSSR count). The lowest BCUT2D eigenvalue weighted by molar-refractivity contribution is 0.557. The molecule has 66 valence electrons. The fourth-order valence-electron chi connectivity index (χ4n) is 1.65. The highest BCUT2D eigenvalue weighted by atomic mass is 14.3. The van der Waals surface area contributed by atoms with Crippen molar-refractivity contribution in [2.75, 3.05) is 0 Å². The van der Waals surface area contributed by atoms with Crippen molar-refractivity contribution < 1.29 is 0 Å². The molecule has 0 spiro atoms. The zero-order valence-corrected chi connectivity index (χ0v) is 8.06. The molecule has 12 heavy (non-hydrogen) atoms. The summed E-state index contributed by atoms with van der Waals surface area (Å²) in [7, 11) is 0. The van der Waals surface area contributed by atoms with Crippen molar-refractivity contribution in [2.24, 2.45) is 5.41 Å². The van der Waals surface area contributed by atoms with Crippen LogP contribution < -0.4 is 0 Å². The van der Waals surface area contributed by atoms with Gasteiger partial charge in [-0.3, -0.25) is 0 Å². The minimum atomic E-state index is -0.232. The monoisotopic (exact) mass is 163 g/mol. The van der Waals surface area contributed by atoms with Crippen LogP contribution in [0.15, 0.2) is 11.6 Å². The summed E-state index contributed by atoms with van der Waals surface area (Å²) in [5.74, 6) is 0. The fraction of sp³-hybridized carbons (Fsp3) is 0.727. The summed E-state index contributed by atoms with van der Waals surface area (Å²) < 4.78 is 0. The molecule has 0 bridgehead atoms. The first-order valence-electron chi connectivity index (χ1n) is 4.77. The average molecular weight is 163 g/mol. The third-order valence-corrected chi connectivity index (χ3v) is 2.62. The van der Waals surface area contributed by atoms with Crippen molar-refractivity contribution in [1.82, 2.24) is 0 Å². The topological polar surface area (TPSA) is 23.8 Å². The molecule has 1 heteroatoms. The van der Waals surface area contributed by atoms with E-state index in [1.54, 1.807) is 0 Å².